The van der Waals surface area contributed by atoms with Gasteiger partial charge in [-0.3, -0.25) is 0 Å². The fourth-order valence-electron chi connectivity index (χ4n) is 5.22. The van der Waals surface area contributed by atoms with Crippen molar-refractivity contribution in [3.05, 3.63) is 0 Å². The highest BCUT2D eigenvalue weighted by molar-refractivity contribution is 7.41. The zero-order chi connectivity index (χ0) is 21.1. The lowest BCUT2D eigenvalue weighted by atomic mass is 10.2. The predicted octanol–water partition coefficient (Wildman–Crippen LogP) is 10.5. The largest absolute Gasteiger partial charge is 0.0711 e. The van der Waals surface area contributed by atoms with Gasteiger partial charge in [-0.2, -0.15) is 0 Å². The van der Waals surface area contributed by atoms with Crippen LogP contribution < -0.4 is 0 Å². The fraction of sp³-hybridized carbons (Fsp3) is 1.00. The molecule has 0 amide bonds. The molecule has 0 aliphatic rings. The van der Waals surface area contributed by atoms with Crippen molar-refractivity contribution in [3.8, 4) is 0 Å². The van der Waals surface area contributed by atoms with E-state index in [1.807, 2.05) is 0 Å². The molecule has 0 aliphatic heterocycles. The van der Waals surface area contributed by atoms with Crippen LogP contribution in [0.5, 0.6) is 0 Å². The minimum atomic E-state index is -1.08. The van der Waals surface area contributed by atoms with E-state index in [-0.39, 0.29) is 0 Å². The molecule has 0 atom stereocenters. The highest BCUT2D eigenvalue weighted by atomic mass is 29.3. The fourth-order valence-corrected chi connectivity index (χ4v) is 21.6. The monoisotopic (exact) mass is 426 g/mol. The Balaban J connectivity index is 5.11. The Labute approximate surface area is 182 Å². The minimum absolute atomic E-state index is 1.08. The second kappa shape index (κ2) is 18.2. The van der Waals surface area contributed by atoms with Crippen molar-refractivity contribution in [2.24, 2.45) is 0 Å². The molecule has 0 aliphatic carbocycles. The zero-order valence-electron chi connectivity index (χ0n) is 21.1. The van der Waals surface area contributed by atoms with Gasteiger partial charge in [0.2, 0.25) is 0 Å². The summed E-state index contributed by atoms with van der Waals surface area (Å²) in [4.78, 5) is 0. The summed E-state index contributed by atoms with van der Waals surface area (Å²) in [5, 5.41) is 0. The van der Waals surface area contributed by atoms with Crippen molar-refractivity contribution >= 4 is 15.2 Å². The van der Waals surface area contributed by atoms with E-state index in [0.717, 1.165) is 0 Å². The molecular weight excluding hydrogens is 368 g/mol. The maximum absolute atomic E-state index is 2.90. The quantitative estimate of drug-likeness (QED) is 0.126. The average Bonchev–Trinajstić information content (AvgIpc) is 2.69. The Bertz CT molecular complexity index is 270. The van der Waals surface area contributed by atoms with Crippen LogP contribution >= 0.6 is 0 Å². The first kappa shape index (κ1) is 28.4. The predicted molar refractivity (Wildman–Crippen MR) is 139 cm³/mol. The average molecular weight is 427 g/mol. The van der Waals surface area contributed by atoms with Gasteiger partial charge in [0.15, 0.2) is 0 Å². The van der Waals surface area contributed by atoms with Crippen LogP contribution in [-0.2, 0) is 0 Å². The van der Waals surface area contributed by atoms with Crippen molar-refractivity contribution < 1.29 is 0 Å². The van der Waals surface area contributed by atoms with Gasteiger partial charge in [0, 0.05) is 15.2 Å². The van der Waals surface area contributed by atoms with Crippen LogP contribution in [-0.4, -0.2) is 15.2 Å². The van der Waals surface area contributed by atoms with Crippen molar-refractivity contribution in [1.29, 1.82) is 0 Å². The molecule has 0 unspecified atom stereocenters. The van der Waals surface area contributed by atoms with E-state index in [1.54, 1.807) is 49.9 Å². The second-order valence-corrected chi connectivity index (χ2v) is 25.8. The number of rotatable bonds is 21. The topological polar surface area (TPSA) is 0 Å². The third-order valence-corrected chi connectivity index (χ3v) is 28.3. The van der Waals surface area contributed by atoms with E-state index < -0.39 is 15.2 Å². The van der Waals surface area contributed by atoms with Crippen molar-refractivity contribution in [2.75, 3.05) is 0 Å². The Morgan fingerprint density at radius 3 is 0.714 bits per heavy atom. The summed E-state index contributed by atoms with van der Waals surface area (Å²) in [5.41, 5.74) is 0. The first-order valence-electron chi connectivity index (χ1n) is 13.5. The molecule has 0 heterocycles. The normalized spacial score (nSPS) is 12.6. The van der Waals surface area contributed by atoms with Crippen molar-refractivity contribution in [1.82, 2.24) is 0 Å². The molecule has 0 aromatic heterocycles. The van der Waals surface area contributed by atoms with Gasteiger partial charge >= 0.3 is 0 Å². The van der Waals surface area contributed by atoms with Gasteiger partial charge in [0.05, 0.1) is 0 Å². The van der Waals surface area contributed by atoms with E-state index >= 15 is 0 Å². The summed E-state index contributed by atoms with van der Waals surface area (Å²) in [5.74, 6) is 0. The summed E-state index contributed by atoms with van der Waals surface area (Å²) in [6.45, 7) is 15.3. The minimum Gasteiger partial charge on any atom is -0.0711 e. The Morgan fingerprint density at radius 1 is 0.321 bits per heavy atom. The van der Waals surface area contributed by atoms with E-state index in [2.05, 4.69) is 40.8 Å². The van der Waals surface area contributed by atoms with Crippen LogP contribution in [0.15, 0.2) is 0 Å². The Hall–Kier alpha value is 0.434. The van der Waals surface area contributed by atoms with Gasteiger partial charge < -0.3 is 0 Å². The molecule has 0 spiro atoms. The maximum Gasteiger partial charge on any atom is 0.0446 e. The van der Waals surface area contributed by atoms with Gasteiger partial charge in [0.1, 0.15) is 0 Å². The summed E-state index contributed by atoms with van der Waals surface area (Å²) < 4.78 is 0. The first-order valence-corrected chi connectivity index (χ1v) is 20.3. The van der Waals surface area contributed by atoms with E-state index in [4.69, 9.17) is 0 Å². The molecule has 0 fully saturated rings. The summed E-state index contributed by atoms with van der Waals surface area (Å²) in [6, 6.07) is 6.68. The molecule has 0 aromatic carbocycles. The van der Waals surface area contributed by atoms with Gasteiger partial charge in [-0.05, 0) is 0 Å². The van der Waals surface area contributed by atoms with Crippen LogP contribution in [0.4, 0.5) is 0 Å². The SMILES string of the molecule is CCCCCC[Si](C)(CCCCCC)[Si](C)(CCCCCC)CCCCCC. The zero-order valence-corrected chi connectivity index (χ0v) is 23.1. The van der Waals surface area contributed by atoms with Crippen LogP contribution in [0.3, 0.4) is 0 Å². The lowest BCUT2D eigenvalue weighted by Gasteiger charge is -2.45. The molecule has 0 bridgehead atoms. The molecule has 0 N–H and O–H groups in total. The van der Waals surface area contributed by atoms with E-state index in [1.165, 1.54) is 77.0 Å². The maximum atomic E-state index is 2.90. The van der Waals surface area contributed by atoms with Crippen molar-refractivity contribution in [3.63, 3.8) is 0 Å². The lowest BCUT2D eigenvalue weighted by molar-refractivity contribution is 0.675. The molecule has 0 rings (SSSR count). The molecule has 0 radical (unpaired) electrons. The molecular formula is C26H58Si2. The van der Waals surface area contributed by atoms with E-state index in [9.17, 15) is 0 Å². The molecule has 2 heteroatoms. The Morgan fingerprint density at radius 2 is 0.536 bits per heavy atom. The highest BCUT2D eigenvalue weighted by Gasteiger charge is 2.45. The number of unbranched alkanes of at least 4 members (excludes halogenated alkanes) is 12. The summed E-state index contributed by atoms with van der Waals surface area (Å²) >= 11 is 0. The van der Waals surface area contributed by atoms with Crippen LogP contribution in [0.25, 0.3) is 0 Å². The van der Waals surface area contributed by atoms with Gasteiger partial charge in [-0.25, -0.2) is 0 Å². The third kappa shape index (κ3) is 12.2. The molecule has 28 heavy (non-hydrogen) atoms. The summed E-state index contributed by atoms with van der Waals surface area (Å²) in [7, 11) is -2.17. The van der Waals surface area contributed by atoms with Gasteiger partial charge in [0.25, 0.3) is 0 Å². The first-order chi connectivity index (χ1) is 13.5. The van der Waals surface area contributed by atoms with Gasteiger partial charge in [-0.15, -0.1) is 0 Å². The number of hydrogen-bond acceptors (Lipinski definition) is 0. The van der Waals surface area contributed by atoms with E-state index in [0.29, 0.717) is 0 Å². The second-order valence-electron chi connectivity index (χ2n) is 10.4. The third-order valence-electron chi connectivity index (χ3n) is 7.79. The number of hydrogen-bond donors (Lipinski definition) is 0. The standard InChI is InChI=1S/C26H58Si2/c1-7-11-15-19-23-27(5,24-20-16-12-8-2)28(6,25-21-17-13-9-3)26-22-18-14-10-4/h7-26H2,1-6H3. The van der Waals surface area contributed by atoms with Crippen molar-refractivity contribution in [2.45, 2.75) is 168 Å². The highest BCUT2D eigenvalue weighted by Crippen LogP contribution is 2.39. The lowest BCUT2D eigenvalue weighted by Crippen LogP contribution is -2.58. The molecule has 0 saturated heterocycles. The van der Waals surface area contributed by atoms with Gasteiger partial charge in [-0.1, -0.05) is 168 Å². The summed E-state index contributed by atoms with van der Waals surface area (Å²) in [6.07, 6.45) is 23.6. The molecule has 170 valence electrons. The Kier molecular flexibility index (Phi) is 18.5. The molecule has 0 saturated carbocycles. The van der Waals surface area contributed by atoms with Crippen LogP contribution in [0.1, 0.15) is 130 Å². The smallest absolute Gasteiger partial charge is 0.0446 e. The van der Waals surface area contributed by atoms with Crippen LogP contribution in [0, 0.1) is 0 Å². The molecule has 0 nitrogen and oxygen atoms in total. The van der Waals surface area contributed by atoms with Crippen LogP contribution in [0.2, 0.25) is 37.3 Å². The molecule has 0 aromatic rings.